The average molecular weight is 474 g/mol. The summed E-state index contributed by atoms with van der Waals surface area (Å²) in [6.07, 6.45) is -2.37. The topological polar surface area (TPSA) is 81.0 Å². The van der Waals surface area contributed by atoms with E-state index in [1.165, 1.54) is 12.1 Å². The Morgan fingerprint density at radius 1 is 1.09 bits per heavy atom. The van der Waals surface area contributed by atoms with Gasteiger partial charge in [-0.15, -0.1) is 8.78 Å². The van der Waals surface area contributed by atoms with Gasteiger partial charge in [0.2, 0.25) is 0 Å². The third-order valence-corrected chi connectivity index (χ3v) is 6.24. The first kappa shape index (κ1) is 22.3. The van der Waals surface area contributed by atoms with Gasteiger partial charge >= 0.3 is 6.29 Å². The molecule has 0 bridgehead atoms. The Kier molecular flexibility index (Phi) is 5.47. The van der Waals surface area contributed by atoms with Gasteiger partial charge < -0.3 is 19.2 Å². The zero-order valence-corrected chi connectivity index (χ0v) is 18.1. The van der Waals surface area contributed by atoms with Crippen molar-refractivity contribution in [3.05, 3.63) is 69.8 Å². The first-order valence-corrected chi connectivity index (χ1v) is 10.9. The zero-order chi connectivity index (χ0) is 24.0. The van der Waals surface area contributed by atoms with Crippen molar-refractivity contribution in [2.24, 2.45) is 0 Å². The van der Waals surface area contributed by atoms with Crippen LogP contribution in [0.2, 0.25) is 0 Å². The third kappa shape index (κ3) is 4.33. The van der Waals surface area contributed by atoms with Crippen molar-refractivity contribution in [1.29, 1.82) is 0 Å². The lowest BCUT2D eigenvalue weighted by Crippen LogP contribution is -2.45. The largest absolute Gasteiger partial charge is 0.586 e. The number of carbonyl (C=O) groups excluding carboxylic acids is 1. The summed E-state index contributed by atoms with van der Waals surface area (Å²) in [4.78, 5) is 27.1. The van der Waals surface area contributed by atoms with E-state index < -0.39 is 23.4 Å². The van der Waals surface area contributed by atoms with Gasteiger partial charge in [-0.05, 0) is 49.6 Å². The van der Waals surface area contributed by atoms with E-state index in [1.54, 1.807) is 12.1 Å². The molecule has 0 radical (unpaired) electrons. The van der Waals surface area contributed by atoms with Crippen LogP contribution in [0.5, 0.6) is 11.5 Å². The molecule has 7 nitrogen and oxygen atoms in total. The minimum Gasteiger partial charge on any atom is -0.451 e. The summed E-state index contributed by atoms with van der Waals surface area (Å²) in [5.74, 6) is -1.26. The maximum Gasteiger partial charge on any atom is 0.586 e. The number of hydrogen-bond donors (Lipinski definition) is 1. The van der Waals surface area contributed by atoms with Crippen molar-refractivity contribution in [2.45, 2.75) is 38.1 Å². The number of carbonyl (C=O) groups is 1. The van der Waals surface area contributed by atoms with E-state index in [0.717, 1.165) is 23.8 Å². The van der Waals surface area contributed by atoms with Crippen molar-refractivity contribution in [1.82, 2.24) is 10.2 Å². The maximum atomic E-state index is 13.5. The lowest BCUT2D eigenvalue weighted by Gasteiger charge is -2.36. The summed E-state index contributed by atoms with van der Waals surface area (Å²) in [5, 5.41) is 3.07. The van der Waals surface area contributed by atoms with Crippen molar-refractivity contribution in [3.8, 4) is 11.5 Å². The number of halogens is 3. The molecule has 2 aliphatic rings. The second kappa shape index (κ2) is 8.35. The highest BCUT2D eigenvalue weighted by Crippen LogP contribution is 2.42. The monoisotopic (exact) mass is 474 g/mol. The number of nitrogens with zero attached hydrogens (tertiary/aromatic N) is 1. The molecule has 2 aromatic carbocycles. The van der Waals surface area contributed by atoms with Crippen LogP contribution in [0.3, 0.4) is 0 Å². The number of benzene rings is 2. The van der Waals surface area contributed by atoms with Crippen LogP contribution in [-0.4, -0.2) is 36.2 Å². The van der Waals surface area contributed by atoms with Gasteiger partial charge in [0.15, 0.2) is 22.7 Å². The highest BCUT2D eigenvalue weighted by atomic mass is 19.3. The second-order valence-corrected chi connectivity index (χ2v) is 8.45. The van der Waals surface area contributed by atoms with Crippen LogP contribution >= 0.6 is 0 Å². The third-order valence-electron chi connectivity index (χ3n) is 6.24. The zero-order valence-electron chi connectivity index (χ0n) is 18.1. The number of piperidine rings is 1. The minimum absolute atomic E-state index is 0.00505. The lowest BCUT2D eigenvalue weighted by molar-refractivity contribution is -0.286. The Morgan fingerprint density at radius 3 is 2.59 bits per heavy atom. The summed E-state index contributed by atoms with van der Waals surface area (Å²) < 4.78 is 54.5. The summed E-state index contributed by atoms with van der Waals surface area (Å²) in [5.41, 5.74) is 0.409. The van der Waals surface area contributed by atoms with Crippen molar-refractivity contribution >= 4 is 16.9 Å². The molecule has 10 heteroatoms. The number of hydrogen-bond acceptors (Lipinski definition) is 6. The van der Waals surface area contributed by atoms with Gasteiger partial charge in [-0.1, -0.05) is 6.07 Å². The molecule has 1 fully saturated rings. The molecule has 0 saturated carbocycles. The summed E-state index contributed by atoms with van der Waals surface area (Å²) in [6.45, 7) is 3.28. The molecule has 3 heterocycles. The lowest BCUT2D eigenvalue weighted by atomic mass is 9.99. The number of ether oxygens (including phenoxy) is 2. The van der Waals surface area contributed by atoms with Gasteiger partial charge in [-0.2, -0.15) is 0 Å². The molecule has 3 aromatic rings. The van der Waals surface area contributed by atoms with Gasteiger partial charge in [-0.3, -0.25) is 14.5 Å². The van der Waals surface area contributed by atoms with Gasteiger partial charge in [0, 0.05) is 37.3 Å². The molecule has 1 amide bonds. The molecular weight excluding hydrogens is 453 g/mol. The van der Waals surface area contributed by atoms with Crippen LogP contribution in [0.1, 0.15) is 41.9 Å². The minimum atomic E-state index is -3.65. The predicted molar refractivity (Wildman–Crippen MR) is 116 cm³/mol. The number of likely N-dealkylation sites (tertiary alicyclic amines) is 1. The molecule has 0 spiro atoms. The Hall–Kier alpha value is -3.53. The number of alkyl halides is 2. The fourth-order valence-electron chi connectivity index (χ4n) is 4.36. The van der Waals surface area contributed by atoms with Crippen molar-refractivity contribution in [3.63, 3.8) is 0 Å². The van der Waals surface area contributed by atoms with Crippen molar-refractivity contribution < 1.29 is 31.9 Å². The van der Waals surface area contributed by atoms with Gasteiger partial charge in [0.1, 0.15) is 11.4 Å². The fraction of sp³-hybridized carbons (Fsp3) is 0.333. The van der Waals surface area contributed by atoms with Gasteiger partial charge in [0.05, 0.1) is 5.39 Å². The SMILES string of the molecule is CC(c1ccc2c(c1)OC(F)(F)O2)N1CCC(NC(=O)c2cc(=O)c3ccc(F)cc3o2)CC1. The Morgan fingerprint density at radius 2 is 1.82 bits per heavy atom. The molecule has 1 N–H and O–H groups in total. The Balaban J connectivity index is 1.21. The van der Waals surface area contributed by atoms with Crippen molar-refractivity contribution in [2.75, 3.05) is 13.1 Å². The summed E-state index contributed by atoms with van der Waals surface area (Å²) in [6, 6.07) is 9.21. The molecule has 1 unspecified atom stereocenters. The van der Waals surface area contributed by atoms with E-state index in [0.29, 0.717) is 25.9 Å². The molecular formula is C24H21F3N2O5. The number of amides is 1. The smallest absolute Gasteiger partial charge is 0.451 e. The number of nitrogens with one attached hydrogen (secondary N) is 1. The number of rotatable bonds is 4. The highest BCUT2D eigenvalue weighted by Gasteiger charge is 2.43. The maximum absolute atomic E-state index is 13.5. The molecule has 2 aliphatic heterocycles. The molecule has 178 valence electrons. The van der Waals surface area contributed by atoms with Gasteiger partial charge in [0.25, 0.3) is 5.91 Å². The van der Waals surface area contributed by atoms with E-state index in [4.69, 9.17) is 4.42 Å². The van der Waals surface area contributed by atoms with Crippen LogP contribution in [0.15, 0.2) is 51.7 Å². The van der Waals surface area contributed by atoms with Crippen LogP contribution in [0.4, 0.5) is 13.2 Å². The van der Waals surface area contributed by atoms with E-state index in [9.17, 15) is 22.8 Å². The van der Waals surface area contributed by atoms with E-state index >= 15 is 0 Å². The van der Waals surface area contributed by atoms with Gasteiger partial charge in [-0.25, -0.2) is 4.39 Å². The second-order valence-electron chi connectivity index (χ2n) is 8.45. The van der Waals surface area contributed by atoms with E-state index in [1.807, 2.05) is 6.92 Å². The first-order chi connectivity index (χ1) is 16.2. The van der Waals surface area contributed by atoms with Crippen LogP contribution in [-0.2, 0) is 0 Å². The number of fused-ring (bicyclic) bond motifs is 2. The standard InChI is InChI=1S/C24H21F3N2O5/c1-13(14-2-5-19-21(10-14)34-24(26,27)33-19)29-8-6-16(7-9-29)28-23(31)22-12-18(30)17-4-3-15(25)11-20(17)32-22/h2-5,10-13,16H,6-9H2,1H3,(H,28,31). The molecule has 1 atom stereocenters. The van der Waals surface area contributed by atoms with Crippen LogP contribution in [0, 0.1) is 5.82 Å². The molecule has 5 rings (SSSR count). The molecule has 0 aliphatic carbocycles. The Bertz CT molecular complexity index is 1320. The molecule has 1 saturated heterocycles. The predicted octanol–water partition coefficient (Wildman–Crippen LogP) is 4.21. The van der Waals surface area contributed by atoms with Crippen LogP contribution < -0.4 is 20.2 Å². The fourth-order valence-corrected chi connectivity index (χ4v) is 4.36. The molecule has 34 heavy (non-hydrogen) atoms. The molecule has 1 aromatic heterocycles. The van der Waals surface area contributed by atoms with E-state index in [-0.39, 0.29) is 40.3 Å². The van der Waals surface area contributed by atoms with E-state index in [2.05, 4.69) is 19.7 Å². The Labute approximate surface area is 192 Å². The first-order valence-electron chi connectivity index (χ1n) is 10.9. The summed E-state index contributed by atoms with van der Waals surface area (Å²) in [7, 11) is 0. The summed E-state index contributed by atoms with van der Waals surface area (Å²) >= 11 is 0. The highest BCUT2D eigenvalue weighted by molar-refractivity contribution is 5.93. The normalized spacial score (nSPS) is 18.7. The quantitative estimate of drug-likeness (QED) is 0.610. The van der Waals surface area contributed by atoms with Crippen LogP contribution in [0.25, 0.3) is 11.0 Å². The average Bonchev–Trinajstić information content (AvgIpc) is 3.11.